The summed E-state index contributed by atoms with van der Waals surface area (Å²) >= 11 is 0. The lowest BCUT2D eigenvalue weighted by molar-refractivity contribution is 0.127. The van der Waals surface area contributed by atoms with E-state index in [1.807, 2.05) is 6.20 Å². The number of aromatic nitrogens is 2. The molecule has 4 nitrogen and oxygen atoms in total. The molecule has 1 saturated carbocycles. The quantitative estimate of drug-likeness (QED) is 0.640. The number of aromatic amines is 1. The zero-order chi connectivity index (χ0) is 11.2. The van der Waals surface area contributed by atoms with Crippen molar-refractivity contribution in [1.29, 1.82) is 0 Å². The number of H-pyrrole nitrogens is 1. The van der Waals surface area contributed by atoms with Crippen molar-refractivity contribution in [3.05, 3.63) is 18.2 Å². The van der Waals surface area contributed by atoms with Gasteiger partial charge >= 0.3 is 0 Å². The molecule has 2 rings (SSSR count). The van der Waals surface area contributed by atoms with E-state index >= 15 is 0 Å². The van der Waals surface area contributed by atoms with E-state index in [4.69, 9.17) is 0 Å². The number of imidazole rings is 1. The lowest BCUT2D eigenvalue weighted by Crippen LogP contribution is -2.18. The zero-order valence-electron chi connectivity index (χ0n) is 9.65. The maximum absolute atomic E-state index is 9.66. The van der Waals surface area contributed by atoms with Gasteiger partial charge in [-0.15, -0.1) is 0 Å². The Kier molecular flexibility index (Phi) is 4.36. The summed E-state index contributed by atoms with van der Waals surface area (Å²) in [7, 11) is 0. The highest BCUT2D eigenvalue weighted by atomic mass is 16.3. The Morgan fingerprint density at radius 2 is 2.44 bits per heavy atom. The molecule has 0 aliphatic heterocycles. The molecule has 0 amide bonds. The number of nitrogens with zero attached hydrogens (tertiary/aromatic N) is 1. The fourth-order valence-corrected chi connectivity index (χ4v) is 2.44. The lowest BCUT2D eigenvalue weighted by atomic mass is 10.00. The van der Waals surface area contributed by atoms with E-state index in [0.29, 0.717) is 5.92 Å². The van der Waals surface area contributed by atoms with Gasteiger partial charge in [-0.25, -0.2) is 4.98 Å². The van der Waals surface area contributed by atoms with Crippen LogP contribution < -0.4 is 5.32 Å². The smallest absolute Gasteiger partial charge is 0.120 e. The van der Waals surface area contributed by atoms with Crippen LogP contribution in [0.3, 0.4) is 0 Å². The van der Waals surface area contributed by atoms with E-state index in [1.165, 1.54) is 12.8 Å². The minimum absolute atomic E-state index is 0.0370. The Labute approximate surface area is 96.5 Å². The predicted octanol–water partition coefficient (Wildman–Crippen LogP) is 1.44. The van der Waals surface area contributed by atoms with Crippen LogP contribution in [0, 0.1) is 5.92 Å². The Morgan fingerprint density at radius 3 is 3.12 bits per heavy atom. The minimum Gasteiger partial charge on any atom is -0.393 e. The average molecular weight is 223 g/mol. The number of hydrogen-bond donors (Lipinski definition) is 3. The van der Waals surface area contributed by atoms with Gasteiger partial charge < -0.3 is 15.4 Å². The monoisotopic (exact) mass is 223 g/mol. The first-order valence-corrected chi connectivity index (χ1v) is 6.23. The summed E-state index contributed by atoms with van der Waals surface area (Å²) in [6.07, 6.45) is 9.27. The van der Waals surface area contributed by atoms with Gasteiger partial charge in [-0.3, -0.25) is 0 Å². The number of aliphatic hydroxyl groups is 1. The molecule has 2 atom stereocenters. The lowest BCUT2D eigenvalue weighted by Gasteiger charge is -2.13. The van der Waals surface area contributed by atoms with Gasteiger partial charge in [0.15, 0.2) is 0 Å². The molecule has 1 fully saturated rings. The van der Waals surface area contributed by atoms with E-state index in [0.717, 1.165) is 38.2 Å². The third kappa shape index (κ3) is 3.32. The van der Waals surface area contributed by atoms with Crippen LogP contribution in [0.1, 0.15) is 37.9 Å². The van der Waals surface area contributed by atoms with Gasteiger partial charge in [-0.05, 0) is 38.1 Å². The number of rotatable bonds is 6. The molecule has 0 spiro atoms. The van der Waals surface area contributed by atoms with Gasteiger partial charge in [0, 0.05) is 12.4 Å². The van der Waals surface area contributed by atoms with E-state index in [-0.39, 0.29) is 6.10 Å². The van der Waals surface area contributed by atoms with Crippen LogP contribution in [-0.2, 0) is 6.54 Å². The van der Waals surface area contributed by atoms with Gasteiger partial charge in [-0.2, -0.15) is 0 Å². The highest BCUT2D eigenvalue weighted by Crippen LogP contribution is 2.28. The third-order valence-corrected chi connectivity index (χ3v) is 3.39. The Bertz CT molecular complexity index is 286. The summed E-state index contributed by atoms with van der Waals surface area (Å²) in [5.74, 6) is 1.53. The standard InChI is InChI=1S/C12H21N3O/c16-11-5-1-3-10(11)4-2-6-13-9-12-14-7-8-15-12/h7-8,10-11,13,16H,1-6,9H2,(H,14,15). The maximum atomic E-state index is 9.66. The van der Waals surface area contributed by atoms with E-state index in [9.17, 15) is 5.11 Å². The molecule has 0 radical (unpaired) electrons. The highest BCUT2D eigenvalue weighted by Gasteiger charge is 2.24. The van der Waals surface area contributed by atoms with Crippen LogP contribution in [0.5, 0.6) is 0 Å². The molecule has 2 unspecified atom stereocenters. The first-order valence-electron chi connectivity index (χ1n) is 6.23. The van der Waals surface area contributed by atoms with Crippen LogP contribution >= 0.6 is 0 Å². The van der Waals surface area contributed by atoms with Crippen molar-refractivity contribution in [2.45, 2.75) is 44.8 Å². The van der Waals surface area contributed by atoms with E-state index < -0.39 is 0 Å². The Morgan fingerprint density at radius 1 is 1.50 bits per heavy atom. The number of aliphatic hydroxyl groups excluding tert-OH is 1. The zero-order valence-corrected chi connectivity index (χ0v) is 9.65. The largest absolute Gasteiger partial charge is 0.393 e. The molecule has 3 N–H and O–H groups in total. The van der Waals surface area contributed by atoms with Crippen LogP contribution in [0.15, 0.2) is 12.4 Å². The first-order chi connectivity index (χ1) is 7.86. The van der Waals surface area contributed by atoms with Gasteiger partial charge in [0.2, 0.25) is 0 Å². The molecule has 0 aromatic carbocycles. The van der Waals surface area contributed by atoms with E-state index in [2.05, 4.69) is 15.3 Å². The number of nitrogens with one attached hydrogen (secondary N) is 2. The van der Waals surface area contributed by atoms with Gasteiger partial charge in [0.05, 0.1) is 12.6 Å². The fourth-order valence-electron chi connectivity index (χ4n) is 2.44. The van der Waals surface area contributed by atoms with Gasteiger partial charge in [-0.1, -0.05) is 6.42 Å². The van der Waals surface area contributed by atoms with E-state index in [1.54, 1.807) is 6.20 Å². The molecule has 1 aromatic rings. The van der Waals surface area contributed by atoms with Crippen molar-refractivity contribution in [3.63, 3.8) is 0 Å². The minimum atomic E-state index is -0.0370. The molecule has 1 aromatic heterocycles. The molecule has 0 bridgehead atoms. The second kappa shape index (κ2) is 6.01. The third-order valence-electron chi connectivity index (χ3n) is 3.39. The predicted molar refractivity (Wildman–Crippen MR) is 62.9 cm³/mol. The SMILES string of the molecule is OC1CCCC1CCCNCc1ncc[nH]1. The highest BCUT2D eigenvalue weighted by molar-refractivity contribution is 4.85. The maximum Gasteiger partial charge on any atom is 0.120 e. The summed E-state index contributed by atoms with van der Waals surface area (Å²) in [5.41, 5.74) is 0. The molecule has 1 aliphatic rings. The van der Waals surface area contributed by atoms with Gasteiger partial charge in [0.25, 0.3) is 0 Å². The molecular weight excluding hydrogens is 202 g/mol. The topological polar surface area (TPSA) is 60.9 Å². The van der Waals surface area contributed by atoms with Crippen molar-refractivity contribution in [1.82, 2.24) is 15.3 Å². The second-order valence-electron chi connectivity index (χ2n) is 4.61. The Balaban J connectivity index is 1.52. The molecule has 16 heavy (non-hydrogen) atoms. The summed E-state index contributed by atoms with van der Waals surface area (Å²) in [5, 5.41) is 13.0. The molecule has 1 heterocycles. The van der Waals surface area contributed by atoms with Crippen molar-refractivity contribution in [2.75, 3.05) is 6.54 Å². The first kappa shape index (κ1) is 11.6. The average Bonchev–Trinajstić information content (AvgIpc) is 2.90. The summed E-state index contributed by atoms with van der Waals surface area (Å²) < 4.78 is 0. The van der Waals surface area contributed by atoms with Crippen molar-refractivity contribution in [3.8, 4) is 0 Å². The normalized spacial score (nSPS) is 25.1. The molecule has 4 heteroatoms. The van der Waals surface area contributed by atoms with Crippen molar-refractivity contribution >= 4 is 0 Å². The summed E-state index contributed by atoms with van der Waals surface area (Å²) in [4.78, 5) is 7.21. The molecule has 0 saturated heterocycles. The van der Waals surface area contributed by atoms with Gasteiger partial charge in [0.1, 0.15) is 5.82 Å². The number of hydrogen-bond acceptors (Lipinski definition) is 3. The fraction of sp³-hybridized carbons (Fsp3) is 0.750. The summed E-state index contributed by atoms with van der Waals surface area (Å²) in [6.45, 7) is 1.81. The van der Waals surface area contributed by atoms with Crippen molar-refractivity contribution < 1.29 is 5.11 Å². The molecular formula is C12H21N3O. The molecule has 1 aliphatic carbocycles. The van der Waals surface area contributed by atoms with Crippen LogP contribution in [-0.4, -0.2) is 27.7 Å². The Hall–Kier alpha value is -0.870. The van der Waals surface area contributed by atoms with Crippen LogP contribution in [0.4, 0.5) is 0 Å². The molecule has 90 valence electrons. The van der Waals surface area contributed by atoms with Crippen LogP contribution in [0.25, 0.3) is 0 Å². The van der Waals surface area contributed by atoms with Crippen molar-refractivity contribution in [2.24, 2.45) is 5.92 Å². The second-order valence-corrected chi connectivity index (χ2v) is 4.61. The van der Waals surface area contributed by atoms with Crippen LogP contribution in [0.2, 0.25) is 0 Å². The summed E-state index contributed by atoms with van der Waals surface area (Å²) in [6, 6.07) is 0.